The molecule has 1 aliphatic carbocycles. The highest BCUT2D eigenvalue weighted by molar-refractivity contribution is 5.86. The fourth-order valence-corrected chi connectivity index (χ4v) is 3.90. The summed E-state index contributed by atoms with van der Waals surface area (Å²) in [5.74, 6) is -1.68. The fraction of sp³-hybridized carbons (Fsp3) is 0.609. The smallest absolute Gasteiger partial charge is 0.323 e. The molecule has 1 fully saturated rings. The lowest BCUT2D eigenvalue weighted by atomic mass is 10.0. The molecular weight excluding hydrogens is 420 g/mol. The van der Waals surface area contributed by atoms with Crippen LogP contribution in [0.15, 0.2) is 30.3 Å². The van der Waals surface area contributed by atoms with Gasteiger partial charge in [0, 0.05) is 6.04 Å². The van der Waals surface area contributed by atoms with Crippen LogP contribution in [0.2, 0.25) is 0 Å². The number of benzene rings is 1. The monoisotopic (exact) mass is 454 g/mol. The van der Waals surface area contributed by atoms with E-state index in [2.05, 4.69) is 5.32 Å². The minimum atomic E-state index is -1.02. The summed E-state index contributed by atoms with van der Waals surface area (Å²) in [5, 5.41) is 12.4. The van der Waals surface area contributed by atoms with Gasteiger partial charge in [-0.1, -0.05) is 50.1 Å². The van der Waals surface area contributed by atoms with Gasteiger partial charge in [-0.3, -0.25) is 19.7 Å². The number of nitrogens with one attached hydrogen (secondary N) is 1. The molecule has 31 heavy (non-hydrogen) atoms. The first-order chi connectivity index (χ1) is 14.4. The van der Waals surface area contributed by atoms with Crippen molar-refractivity contribution in [1.82, 2.24) is 10.2 Å². The van der Waals surface area contributed by atoms with Crippen LogP contribution in [0.3, 0.4) is 0 Å². The molecule has 8 heteroatoms. The van der Waals surface area contributed by atoms with Crippen LogP contribution in [-0.2, 0) is 25.5 Å². The van der Waals surface area contributed by atoms with Crippen LogP contribution < -0.4 is 5.32 Å². The van der Waals surface area contributed by atoms with E-state index in [4.69, 9.17) is 4.74 Å². The number of amides is 1. The van der Waals surface area contributed by atoms with Gasteiger partial charge in [0.05, 0.1) is 12.6 Å². The van der Waals surface area contributed by atoms with Gasteiger partial charge < -0.3 is 14.7 Å². The third kappa shape index (κ3) is 8.87. The number of aliphatic carboxylic acids is 1. The van der Waals surface area contributed by atoms with Crippen molar-refractivity contribution in [3.8, 4) is 0 Å². The number of rotatable bonds is 12. The van der Waals surface area contributed by atoms with E-state index in [0.717, 1.165) is 37.7 Å². The van der Waals surface area contributed by atoms with Gasteiger partial charge in [0.15, 0.2) is 0 Å². The molecule has 1 amide bonds. The van der Waals surface area contributed by atoms with Crippen molar-refractivity contribution in [2.45, 2.75) is 76.9 Å². The zero-order chi connectivity index (χ0) is 21.9. The second-order valence-electron chi connectivity index (χ2n) is 7.93. The third-order valence-corrected chi connectivity index (χ3v) is 5.47. The lowest BCUT2D eigenvalue weighted by molar-refractivity contribution is -0.149. The van der Waals surface area contributed by atoms with Crippen molar-refractivity contribution in [3.63, 3.8) is 0 Å². The Hall–Kier alpha value is -2.12. The van der Waals surface area contributed by atoms with Crippen molar-refractivity contribution in [2.75, 3.05) is 13.2 Å². The number of carbonyl (C=O) groups excluding carboxylic acids is 2. The first-order valence-corrected chi connectivity index (χ1v) is 10.9. The summed E-state index contributed by atoms with van der Waals surface area (Å²) in [6, 6.07) is 8.47. The average Bonchev–Trinajstić information content (AvgIpc) is 3.27. The predicted molar refractivity (Wildman–Crippen MR) is 121 cm³/mol. The van der Waals surface area contributed by atoms with Gasteiger partial charge in [0.25, 0.3) is 0 Å². The number of hydrogen-bond acceptors (Lipinski definition) is 5. The Labute approximate surface area is 190 Å². The van der Waals surface area contributed by atoms with Crippen LogP contribution in [0.25, 0.3) is 0 Å². The number of carbonyl (C=O) groups is 3. The highest BCUT2D eigenvalue weighted by atomic mass is 35.5. The zero-order valence-electron chi connectivity index (χ0n) is 18.4. The summed E-state index contributed by atoms with van der Waals surface area (Å²) in [7, 11) is 0. The van der Waals surface area contributed by atoms with Crippen LogP contribution in [0, 0.1) is 0 Å². The summed E-state index contributed by atoms with van der Waals surface area (Å²) in [4.78, 5) is 38.4. The van der Waals surface area contributed by atoms with Crippen molar-refractivity contribution >= 4 is 30.3 Å². The standard InChI is InChI=1S/C23H34N2O5.ClH/c1-3-15-30-23(29)20(14-13-18-9-5-4-6-10-18)24-17(2)22(28)25(16-21(26)27)19-11-7-8-12-19;/h4-6,9-10,17,19-20,24H,3,7-8,11-16H2,1-2H3,(H,26,27);1H/t17-,20?;/m0./s1. The molecule has 0 heterocycles. The summed E-state index contributed by atoms with van der Waals surface area (Å²) < 4.78 is 5.33. The predicted octanol–water partition coefficient (Wildman–Crippen LogP) is 3.20. The Morgan fingerprint density at radius 1 is 1.19 bits per heavy atom. The Balaban J connectivity index is 0.00000480. The molecule has 1 aromatic carbocycles. The van der Waals surface area contributed by atoms with Gasteiger partial charge >= 0.3 is 11.9 Å². The molecule has 7 nitrogen and oxygen atoms in total. The van der Waals surface area contributed by atoms with Crippen LogP contribution >= 0.6 is 12.4 Å². The molecule has 1 unspecified atom stereocenters. The number of halogens is 1. The first kappa shape index (κ1) is 26.9. The SMILES string of the molecule is CCCOC(=O)C(CCc1ccccc1)N[C@@H](C)C(=O)N(CC(=O)O)C1CCCC1.Cl. The van der Waals surface area contributed by atoms with E-state index in [0.29, 0.717) is 19.4 Å². The maximum absolute atomic E-state index is 13.1. The Bertz CT molecular complexity index is 694. The van der Waals surface area contributed by atoms with E-state index in [-0.39, 0.29) is 36.9 Å². The summed E-state index contributed by atoms with van der Waals surface area (Å²) >= 11 is 0. The molecule has 0 aliphatic heterocycles. The molecule has 0 radical (unpaired) electrons. The number of hydrogen-bond donors (Lipinski definition) is 2. The third-order valence-electron chi connectivity index (χ3n) is 5.47. The average molecular weight is 455 g/mol. The Kier molecular flexibility index (Phi) is 12.2. The van der Waals surface area contributed by atoms with Crippen LogP contribution in [0.5, 0.6) is 0 Å². The molecule has 2 N–H and O–H groups in total. The summed E-state index contributed by atoms with van der Waals surface area (Å²) in [6.07, 6.45) is 5.52. The molecule has 1 aliphatic rings. The van der Waals surface area contributed by atoms with Gasteiger partial charge in [0.2, 0.25) is 5.91 Å². The quantitative estimate of drug-likeness (QED) is 0.471. The van der Waals surface area contributed by atoms with Gasteiger partial charge in [0.1, 0.15) is 12.6 Å². The topological polar surface area (TPSA) is 95.9 Å². The Morgan fingerprint density at radius 2 is 1.84 bits per heavy atom. The van der Waals surface area contributed by atoms with Crippen molar-refractivity contribution in [3.05, 3.63) is 35.9 Å². The van der Waals surface area contributed by atoms with Gasteiger partial charge in [-0.15, -0.1) is 12.4 Å². The number of ether oxygens (including phenoxy) is 1. The number of carboxylic acid groups (broad SMARTS) is 1. The first-order valence-electron chi connectivity index (χ1n) is 10.9. The molecule has 0 aromatic heterocycles. The van der Waals surface area contributed by atoms with E-state index >= 15 is 0 Å². The number of aryl methyl sites for hydroxylation is 1. The van der Waals surface area contributed by atoms with Crippen molar-refractivity contribution in [1.29, 1.82) is 0 Å². The van der Waals surface area contributed by atoms with E-state index in [1.165, 1.54) is 4.90 Å². The molecule has 0 bridgehead atoms. The largest absolute Gasteiger partial charge is 0.480 e. The van der Waals surface area contributed by atoms with Crippen LogP contribution in [-0.4, -0.2) is 59.1 Å². The second-order valence-corrected chi connectivity index (χ2v) is 7.93. The second kappa shape index (κ2) is 14.0. The molecule has 2 rings (SSSR count). The number of carboxylic acids is 1. The summed E-state index contributed by atoms with van der Waals surface area (Å²) in [5.41, 5.74) is 1.10. The highest BCUT2D eigenvalue weighted by Gasteiger charge is 2.33. The van der Waals surface area contributed by atoms with Crippen molar-refractivity contribution in [2.24, 2.45) is 0 Å². The van der Waals surface area contributed by atoms with E-state index in [9.17, 15) is 19.5 Å². The fourth-order valence-electron chi connectivity index (χ4n) is 3.90. The molecule has 1 aromatic rings. The molecule has 0 saturated heterocycles. The normalized spacial score (nSPS) is 15.5. The Morgan fingerprint density at radius 3 is 2.42 bits per heavy atom. The lowest BCUT2D eigenvalue weighted by Gasteiger charge is -2.31. The van der Waals surface area contributed by atoms with Gasteiger partial charge in [-0.05, 0) is 44.6 Å². The molecular formula is C23H35ClN2O5. The maximum Gasteiger partial charge on any atom is 0.323 e. The van der Waals surface area contributed by atoms with Crippen LogP contribution in [0.1, 0.15) is 57.9 Å². The lowest BCUT2D eigenvalue weighted by Crippen LogP contribution is -2.54. The van der Waals surface area contributed by atoms with Gasteiger partial charge in [-0.2, -0.15) is 0 Å². The molecule has 1 saturated carbocycles. The van der Waals surface area contributed by atoms with Crippen molar-refractivity contribution < 1.29 is 24.2 Å². The molecule has 0 spiro atoms. The number of nitrogens with zero attached hydrogens (tertiary/aromatic N) is 1. The molecule has 174 valence electrons. The summed E-state index contributed by atoms with van der Waals surface area (Å²) in [6.45, 7) is 3.63. The minimum Gasteiger partial charge on any atom is -0.480 e. The van der Waals surface area contributed by atoms with E-state index in [1.807, 2.05) is 37.3 Å². The van der Waals surface area contributed by atoms with Gasteiger partial charge in [-0.25, -0.2) is 0 Å². The minimum absolute atomic E-state index is 0. The number of esters is 1. The molecule has 2 atom stereocenters. The van der Waals surface area contributed by atoms with Crippen LogP contribution in [0.4, 0.5) is 0 Å². The highest BCUT2D eigenvalue weighted by Crippen LogP contribution is 2.24. The zero-order valence-corrected chi connectivity index (χ0v) is 19.2. The van der Waals surface area contributed by atoms with E-state index in [1.54, 1.807) is 6.92 Å². The van der Waals surface area contributed by atoms with E-state index < -0.39 is 18.1 Å². The maximum atomic E-state index is 13.1.